The van der Waals surface area contributed by atoms with Crippen molar-refractivity contribution in [1.29, 1.82) is 0 Å². The molecule has 19 heavy (non-hydrogen) atoms. The molecule has 3 N–H and O–H groups in total. The molecule has 5 nitrogen and oxygen atoms in total. The fourth-order valence-electron chi connectivity index (χ4n) is 1.62. The lowest BCUT2D eigenvalue weighted by molar-refractivity contribution is 0.193. The summed E-state index contributed by atoms with van der Waals surface area (Å²) in [5.41, 5.74) is 1.77. The number of benzene rings is 1. The lowest BCUT2D eigenvalue weighted by Crippen LogP contribution is -2.05. The Hall–Kier alpha value is -1.50. The monoisotopic (exact) mass is 279 g/mol. The van der Waals surface area contributed by atoms with Crippen molar-refractivity contribution in [2.24, 2.45) is 0 Å². The van der Waals surface area contributed by atoms with Gasteiger partial charge in [-0.25, -0.2) is 4.98 Å². The van der Waals surface area contributed by atoms with Crippen LogP contribution in [0.1, 0.15) is 31.3 Å². The number of nitrogens with zero attached hydrogens (tertiary/aromatic N) is 2. The minimum Gasteiger partial charge on any atom is -0.393 e. The summed E-state index contributed by atoms with van der Waals surface area (Å²) in [4.78, 5) is 4.29. The maximum Gasteiger partial charge on any atom is 0.207 e. The van der Waals surface area contributed by atoms with Gasteiger partial charge in [0, 0.05) is 23.6 Å². The van der Waals surface area contributed by atoms with Gasteiger partial charge in [-0.3, -0.25) is 0 Å². The number of aliphatic hydroxyl groups excluding tert-OH is 2. The SMILES string of the molecule is CC(O)Cc1nsc(Nc2ccc(C(C)O)cc2)n1. The number of nitrogens with one attached hydrogen (secondary N) is 1. The van der Waals surface area contributed by atoms with Crippen molar-refractivity contribution in [3.05, 3.63) is 35.7 Å². The van der Waals surface area contributed by atoms with E-state index in [1.54, 1.807) is 13.8 Å². The summed E-state index contributed by atoms with van der Waals surface area (Å²) < 4.78 is 4.17. The van der Waals surface area contributed by atoms with E-state index in [-0.39, 0.29) is 0 Å². The summed E-state index contributed by atoms with van der Waals surface area (Å²) in [7, 11) is 0. The van der Waals surface area contributed by atoms with E-state index in [2.05, 4.69) is 14.7 Å². The molecule has 0 aliphatic heterocycles. The van der Waals surface area contributed by atoms with Crippen molar-refractivity contribution >= 4 is 22.4 Å². The summed E-state index contributed by atoms with van der Waals surface area (Å²) in [6.45, 7) is 3.44. The third kappa shape index (κ3) is 3.99. The van der Waals surface area contributed by atoms with E-state index in [0.29, 0.717) is 17.4 Å². The maximum atomic E-state index is 9.43. The van der Waals surface area contributed by atoms with Crippen LogP contribution in [0.5, 0.6) is 0 Å². The smallest absolute Gasteiger partial charge is 0.207 e. The van der Waals surface area contributed by atoms with Gasteiger partial charge >= 0.3 is 0 Å². The van der Waals surface area contributed by atoms with Gasteiger partial charge in [-0.1, -0.05) is 12.1 Å². The molecule has 2 rings (SSSR count). The van der Waals surface area contributed by atoms with E-state index in [9.17, 15) is 10.2 Å². The molecule has 0 fully saturated rings. The van der Waals surface area contributed by atoms with Gasteiger partial charge < -0.3 is 15.5 Å². The zero-order valence-corrected chi connectivity index (χ0v) is 11.7. The predicted molar refractivity (Wildman–Crippen MR) is 75.7 cm³/mol. The van der Waals surface area contributed by atoms with Crippen molar-refractivity contribution in [3.63, 3.8) is 0 Å². The Bertz CT molecular complexity index is 523. The van der Waals surface area contributed by atoms with Gasteiger partial charge in [0.15, 0.2) is 0 Å². The Morgan fingerprint density at radius 2 is 1.89 bits per heavy atom. The van der Waals surface area contributed by atoms with Crippen molar-refractivity contribution in [3.8, 4) is 0 Å². The average Bonchev–Trinajstić information content (AvgIpc) is 2.76. The predicted octanol–water partition coefficient (Wildman–Crippen LogP) is 2.26. The first-order valence-electron chi connectivity index (χ1n) is 6.10. The zero-order chi connectivity index (χ0) is 13.8. The zero-order valence-electron chi connectivity index (χ0n) is 10.9. The Morgan fingerprint density at radius 1 is 1.21 bits per heavy atom. The van der Waals surface area contributed by atoms with E-state index in [1.807, 2.05) is 24.3 Å². The van der Waals surface area contributed by atoms with Crippen LogP contribution in [-0.4, -0.2) is 25.7 Å². The molecule has 0 bridgehead atoms. The number of aromatic nitrogens is 2. The largest absolute Gasteiger partial charge is 0.393 e. The molecule has 2 atom stereocenters. The first-order chi connectivity index (χ1) is 9.04. The van der Waals surface area contributed by atoms with Crippen LogP contribution in [0.4, 0.5) is 10.8 Å². The quantitative estimate of drug-likeness (QED) is 0.782. The van der Waals surface area contributed by atoms with Crippen LogP contribution in [-0.2, 0) is 6.42 Å². The fraction of sp³-hybridized carbons (Fsp3) is 0.385. The summed E-state index contributed by atoms with van der Waals surface area (Å²) in [5.74, 6) is 0.642. The van der Waals surface area contributed by atoms with Crippen molar-refractivity contribution in [1.82, 2.24) is 9.36 Å². The van der Waals surface area contributed by atoms with Crippen LogP contribution in [0.3, 0.4) is 0 Å². The van der Waals surface area contributed by atoms with E-state index in [0.717, 1.165) is 11.3 Å². The number of aliphatic hydroxyl groups is 2. The van der Waals surface area contributed by atoms with Gasteiger partial charge in [0.25, 0.3) is 0 Å². The second kappa shape index (κ2) is 6.10. The van der Waals surface area contributed by atoms with E-state index < -0.39 is 12.2 Å². The highest BCUT2D eigenvalue weighted by atomic mass is 32.1. The second-order valence-corrected chi connectivity index (χ2v) is 5.24. The normalized spacial score (nSPS) is 14.1. The number of hydrogen-bond donors (Lipinski definition) is 3. The minimum absolute atomic E-state index is 0.437. The standard InChI is InChI=1S/C13H17N3O2S/c1-8(17)7-12-15-13(19-16-12)14-11-5-3-10(4-6-11)9(2)18/h3-6,8-9,17-18H,7H2,1-2H3,(H,14,15,16). The summed E-state index contributed by atoms with van der Waals surface area (Å²) in [6, 6.07) is 7.51. The van der Waals surface area contributed by atoms with Crippen LogP contribution in [0.15, 0.2) is 24.3 Å². The van der Waals surface area contributed by atoms with Crippen LogP contribution in [0.25, 0.3) is 0 Å². The molecule has 0 radical (unpaired) electrons. The molecule has 0 saturated carbocycles. The number of hydrogen-bond acceptors (Lipinski definition) is 6. The van der Waals surface area contributed by atoms with Crippen LogP contribution in [0, 0.1) is 0 Å². The molecule has 0 spiro atoms. The molecule has 0 amide bonds. The van der Waals surface area contributed by atoms with Gasteiger partial charge in [-0.05, 0) is 31.5 Å². The second-order valence-electron chi connectivity index (χ2n) is 4.49. The maximum absolute atomic E-state index is 9.43. The number of rotatable bonds is 5. The molecular weight excluding hydrogens is 262 g/mol. The Balaban J connectivity index is 2.02. The Kier molecular flexibility index (Phi) is 4.47. The lowest BCUT2D eigenvalue weighted by atomic mass is 10.1. The van der Waals surface area contributed by atoms with E-state index in [1.165, 1.54) is 11.5 Å². The molecule has 1 heterocycles. The molecule has 6 heteroatoms. The van der Waals surface area contributed by atoms with Gasteiger partial charge in [0.1, 0.15) is 5.82 Å². The van der Waals surface area contributed by atoms with Crippen molar-refractivity contribution in [2.75, 3.05) is 5.32 Å². The van der Waals surface area contributed by atoms with Crippen LogP contribution < -0.4 is 5.32 Å². The summed E-state index contributed by atoms with van der Waals surface area (Å²) in [6.07, 6.45) is -0.444. The highest BCUT2D eigenvalue weighted by molar-refractivity contribution is 7.09. The Morgan fingerprint density at radius 3 is 2.47 bits per heavy atom. The molecule has 0 aliphatic carbocycles. The van der Waals surface area contributed by atoms with Crippen molar-refractivity contribution < 1.29 is 10.2 Å². The van der Waals surface area contributed by atoms with E-state index in [4.69, 9.17) is 0 Å². The third-order valence-corrected chi connectivity index (χ3v) is 3.26. The molecule has 2 unspecified atom stereocenters. The van der Waals surface area contributed by atoms with Gasteiger partial charge in [-0.2, -0.15) is 4.37 Å². The Labute approximate surface area is 116 Å². The van der Waals surface area contributed by atoms with Gasteiger partial charge in [0.05, 0.1) is 12.2 Å². The number of anilines is 2. The summed E-state index contributed by atoms with van der Waals surface area (Å²) >= 11 is 1.26. The highest BCUT2D eigenvalue weighted by Crippen LogP contribution is 2.21. The van der Waals surface area contributed by atoms with Crippen LogP contribution in [0.2, 0.25) is 0 Å². The minimum atomic E-state index is -0.465. The molecule has 1 aromatic carbocycles. The average molecular weight is 279 g/mol. The first kappa shape index (κ1) is 13.9. The molecule has 2 aromatic rings. The van der Waals surface area contributed by atoms with Gasteiger partial charge in [0.2, 0.25) is 5.13 Å². The molecule has 1 aromatic heterocycles. The lowest BCUT2D eigenvalue weighted by Gasteiger charge is -2.06. The third-order valence-electron chi connectivity index (χ3n) is 2.59. The molecular formula is C13H17N3O2S. The van der Waals surface area contributed by atoms with Gasteiger partial charge in [-0.15, -0.1) is 0 Å². The van der Waals surface area contributed by atoms with Crippen LogP contribution >= 0.6 is 11.5 Å². The molecule has 102 valence electrons. The first-order valence-corrected chi connectivity index (χ1v) is 6.87. The fourth-order valence-corrected chi connectivity index (χ4v) is 2.24. The topological polar surface area (TPSA) is 78.3 Å². The molecule has 0 aliphatic rings. The highest BCUT2D eigenvalue weighted by Gasteiger charge is 2.07. The summed E-state index contributed by atoms with van der Waals surface area (Å²) in [5, 5.41) is 22.5. The van der Waals surface area contributed by atoms with Crippen molar-refractivity contribution in [2.45, 2.75) is 32.5 Å². The van der Waals surface area contributed by atoms with E-state index >= 15 is 0 Å². The molecule has 0 saturated heterocycles.